The molecule has 0 heterocycles. The first-order valence-electron chi connectivity index (χ1n) is 6.84. The number of nitro benzene ring substituents is 1. The highest BCUT2D eigenvalue weighted by atomic mass is 32.2. The highest BCUT2D eigenvalue weighted by molar-refractivity contribution is 8.13. The van der Waals surface area contributed by atoms with Crippen molar-refractivity contribution in [3.8, 4) is 0 Å². The molecule has 6 nitrogen and oxygen atoms in total. The summed E-state index contributed by atoms with van der Waals surface area (Å²) in [6.45, 7) is 1.69. The minimum Gasteiger partial charge on any atom is -0.377 e. The summed E-state index contributed by atoms with van der Waals surface area (Å²) in [5.74, 6) is 0.710. The summed E-state index contributed by atoms with van der Waals surface area (Å²) in [6, 6.07) is 14.8. The van der Waals surface area contributed by atoms with Crippen molar-refractivity contribution in [1.82, 2.24) is 0 Å². The van der Waals surface area contributed by atoms with Crippen molar-refractivity contribution in [1.29, 1.82) is 0 Å². The standard InChI is InChI=1S/C16H16N4O2S/c1-12-7-8-14(9-15(12)20(21)22)10-18-19-16(17)23-11-13-5-3-2-4-6-13/h2-10H,11H2,1H3,(H2,17,19). The maximum atomic E-state index is 10.9. The summed E-state index contributed by atoms with van der Waals surface area (Å²) >= 11 is 1.38. The van der Waals surface area contributed by atoms with Crippen LogP contribution in [0.2, 0.25) is 0 Å². The van der Waals surface area contributed by atoms with Crippen LogP contribution in [0.3, 0.4) is 0 Å². The molecule has 0 saturated heterocycles. The summed E-state index contributed by atoms with van der Waals surface area (Å²) in [6.07, 6.45) is 1.45. The maximum absolute atomic E-state index is 10.9. The van der Waals surface area contributed by atoms with Crippen molar-refractivity contribution < 1.29 is 4.92 Å². The van der Waals surface area contributed by atoms with Gasteiger partial charge in [0, 0.05) is 22.9 Å². The Labute approximate surface area is 138 Å². The van der Waals surface area contributed by atoms with Crippen molar-refractivity contribution in [3.63, 3.8) is 0 Å². The van der Waals surface area contributed by atoms with E-state index in [1.807, 2.05) is 30.3 Å². The monoisotopic (exact) mass is 328 g/mol. The molecule has 23 heavy (non-hydrogen) atoms. The Morgan fingerprint density at radius 2 is 2.04 bits per heavy atom. The fourth-order valence-electron chi connectivity index (χ4n) is 1.82. The third-order valence-corrected chi connectivity index (χ3v) is 3.88. The van der Waals surface area contributed by atoms with E-state index in [-0.39, 0.29) is 5.69 Å². The highest BCUT2D eigenvalue weighted by Gasteiger charge is 2.09. The Morgan fingerprint density at radius 1 is 1.30 bits per heavy atom. The number of nitrogens with zero attached hydrogens (tertiary/aromatic N) is 3. The van der Waals surface area contributed by atoms with Crippen LogP contribution < -0.4 is 5.73 Å². The second-order valence-corrected chi connectivity index (χ2v) is 5.76. The van der Waals surface area contributed by atoms with Crippen LogP contribution in [0, 0.1) is 17.0 Å². The first-order chi connectivity index (χ1) is 11.1. The molecule has 2 rings (SSSR count). The van der Waals surface area contributed by atoms with Gasteiger partial charge in [0.1, 0.15) is 0 Å². The molecule has 0 atom stereocenters. The second-order valence-electron chi connectivity index (χ2n) is 4.76. The minimum atomic E-state index is -0.417. The van der Waals surface area contributed by atoms with E-state index in [1.165, 1.54) is 24.0 Å². The first-order valence-corrected chi connectivity index (χ1v) is 7.83. The van der Waals surface area contributed by atoms with Crippen LogP contribution in [0.15, 0.2) is 58.7 Å². The van der Waals surface area contributed by atoms with Gasteiger partial charge in [0.15, 0.2) is 5.17 Å². The number of amidine groups is 1. The zero-order chi connectivity index (χ0) is 16.7. The van der Waals surface area contributed by atoms with E-state index in [9.17, 15) is 10.1 Å². The van der Waals surface area contributed by atoms with E-state index < -0.39 is 4.92 Å². The minimum absolute atomic E-state index is 0.0596. The molecule has 0 aliphatic rings. The summed E-state index contributed by atoms with van der Waals surface area (Å²) in [5, 5.41) is 19.0. The van der Waals surface area contributed by atoms with Crippen molar-refractivity contribution in [2.24, 2.45) is 15.9 Å². The topological polar surface area (TPSA) is 93.9 Å². The molecule has 0 fully saturated rings. The number of rotatable bonds is 5. The predicted molar refractivity (Wildman–Crippen MR) is 94.8 cm³/mol. The Balaban J connectivity index is 1.97. The zero-order valence-electron chi connectivity index (χ0n) is 12.5. The van der Waals surface area contributed by atoms with Gasteiger partial charge in [0.05, 0.1) is 11.1 Å². The molecule has 2 aromatic rings. The first kappa shape index (κ1) is 16.7. The van der Waals surface area contributed by atoms with Crippen LogP contribution in [-0.2, 0) is 5.75 Å². The number of hydrogen-bond acceptors (Lipinski definition) is 5. The lowest BCUT2D eigenvalue weighted by Gasteiger charge is -1.99. The van der Waals surface area contributed by atoms with Crippen molar-refractivity contribution in [2.45, 2.75) is 12.7 Å². The Morgan fingerprint density at radius 3 is 2.74 bits per heavy atom. The molecule has 0 saturated carbocycles. The van der Waals surface area contributed by atoms with E-state index in [1.54, 1.807) is 19.1 Å². The Hall–Kier alpha value is -2.67. The van der Waals surface area contributed by atoms with Crippen molar-refractivity contribution in [2.75, 3.05) is 0 Å². The molecule has 0 spiro atoms. The molecule has 0 bridgehead atoms. The molecule has 7 heteroatoms. The molecule has 2 N–H and O–H groups in total. The normalized spacial score (nSPS) is 11.8. The van der Waals surface area contributed by atoms with Crippen LogP contribution in [0.25, 0.3) is 0 Å². The average Bonchev–Trinajstić information content (AvgIpc) is 2.55. The molecule has 0 radical (unpaired) electrons. The van der Waals surface area contributed by atoms with Gasteiger partial charge in [-0.2, -0.15) is 5.10 Å². The SMILES string of the molecule is Cc1ccc(C=NN=C(N)SCc2ccccc2)cc1[N+](=O)[O-]. The van der Waals surface area contributed by atoms with Crippen LogP contribution >= 0.6 is 11.8 Å². The van der Waals surface area contributed by atoms with Crippen LogP contribution in [0.4, 0.5) is 5.69 Å². The largest absolute Gasteiger partial charge is 0.377 e. The lowest BCUT2D eigenvalue weighted by molar-refractivity contribution is -0.385. The van der Waals surface area contributed by atoms with E-state index in [0.29, 0.717) is 22.0 Å². The van der Waals surface area contributed by atoms with Gasteiger partial charge in [0.2, 0.25) is 0 Å². The average molecular weight is 328 g/mol. The van der Waals surface area contributed by atoms with Gasteiger partial charge in [-0.15, -0.1) is 5.10 Å². The van der Waals surface area contributed by atoms with E-state index in [2.05, 4.69) is 10.2 Å². The molecule has 2 aromatic carbocycles. The molecular weight excluding hydrogens is 312 g/mol. The van der Waals surface area contributed by atoms with Crippen molar-refractivity contribution >= 4 is 28.8 Å². The fraction of sp³-hybridized carbons (Fsp3) is 0.125. The zero-order valence-corrected chi connectivity index (χ0v) is 13.4. The predicted octanol–water partition coefficient (Wildman–Crippen LogP) is 3.49. The molecule has 0 amide bonds. The van der Waals surface area contributed by atoms with Crippen molar-refractivity contribution in [3.05, 3.63) is 75.3 Å². The van der Waals surface area contributed by atoms with Gasteiger partial charge in [-0.05, 0) is 12.5 Å². The van der Waals surface area contributed by atoms with Crippen LogP contribution in [0.1, 0.15) is 16.7 Å². The van der Waals surface area contributed by atoms with Crippen LogP contribution in [-0.4, -0.2) is 16.3 Å². The molecule has 0 aliphatic heterocycles. The summed E-state index contributed by atoms with van der Waals surface area (Å²) in [5.41, 5.74) is 8.19. The number of nitrogens with two attached hydrogens (primary N) is 1. The van der Waals surface area contributed by atoms with Gasteiger partial charge in [-0.3, -0.25) is 10.1 Å². The fourth-order valence-corrected chi connectivity index (χ4v) is 2.43. The van der Waals surface area contributed by atoms with Gasteiger partial charge < -0.3 is 5.73 Å². The summed E-state index contributed by atoms with van der Waals surface area (Å²) in [7, 11) is 0. The lowest BCUT2D eigenvalue weighted by Crippen LogP contribution is -2.06. The Kier molecular flexibility index (Phi) is 5.87. The van der Waals surface area contributed by atoms with E-state index >= 15 is 0 Å². The lowest BCUT2D eigenvalue weighted by atomic mass is 10.1. The number of benzene rings is 2. The molecule has 0 aromatic heterocycles. The molecular formula is C16H16N4O2S. The maximum Gasteiger partial charge on any atom is 0.272 e. The molecule has 118 valence electrons. The van der Waals surface area contributed by atoms with E-state index in [4.69, 9.17) is 5.73 Å². The number of thioether (sulfide) groups is 1. The van der Waals surface area contributed by atoms with Gasteiger partial charge >= 0.3 is 0 Å². The quantitative estimate of drug-likeness (QED) is 0.393. The van der Waals surface area contributed by atoms with Crippen LogP contribution in [0.5, 0.6) is 0 Å². The third kappa shape index (κ3) is 5.23. The molecule has 0 unspecified atom stereocenters. The summed E-state index contributed by atoms with van der Waals surface area (Å²) in [4.78, 5) is 10.5. The van der Waals surface area contributed by atoms with Gasteiger partial charge in [0.25, 0.3) is 5.69 Å². The highest BCUT2D eigenvalue weighted by Crippen LogP contribution is 2.18. The smallest absolute Gasteiger partial charge is 0.272 e. The van der Waals surface area contributed by atoms with Gasteiger partial charge in [-0.25, -0.2) is 0 Å². The molecule has 0 aliphatic carbocycles. The van der Waals surface area contributed by atoms with Gasteiger partial charge in [-0.1, -0.05) is 54.2 Å². The third-order valence-electron chi connectivity index (χ3n) is 3.02. The summed E-state index contributed by atoms with van der Waals surface area (Å²) < 4.78 is 0. The second kappa shape index (κ2) is 8.09. The number of aryl methyl sites for hydroxylation is 1. The van der Waals surface area contributed by atoms with E-state index in [0.717, 1.165) is 5.56 Å². The number of hydrogen-bond donors (Lipinski definition) is 1. The number of nitro groups is 1. The Bertz CT molecular complexity index is 745.